The predicted octanol–water partition coefficient (Wildman–Crippen LogP) is 4.44. The van der Waals surface area contributed by atoms with Gasteiger partial charge in [0.05, 0.1) is 0 Å². The highest BCUT2D eigenvalue weighted by atomic mass is 35.5. The lowest BCUT2D eigenvalue weighted by molar-refractivity contribution is 0.165. The van der Waals surface area contributed by atoms with Crippen molar-refractivity contribution < 1.29 is 4.74 Å². The third kappa shape index (κ3) is 6.13. The summed E-state index contributed by atoms with van der Waals surface area (Å²) in [6, 6.07) is 7.87. The van der Waals surface area contributed by atoms with E-state index in [1.165, 1.54) is 0 Å². The van der Waals surface area contributed by atoms with E-state index in [4.69, 9.17) is 16.3 Å². The highest BCUT2D eigenvalue weighted by Crippen LogP contribution is 2.20. The molecule has 0 saturated carbocycles. The Kier molecular flexibility index (Phi) is 7.61. The maximum absolute atomic E-state index is 5.97. The van der Waals surface area contributed by atoms with Crippen LogP contribution in [-0.4, -0.2) is 18.7 Å². The molecule has 19 heavy (non-hydrogen) atoms. The van der Waals surface area contributed by atoms with Gasteiger partial charge in [0.1, 0.15) is 11.9 Å². The topological polar surface area (TPSA) is 21.3 Å². The SMILES string of the molecule is C=CCCC(NCCC)C(C)Oc1cccc(Cl)c1. The third-order valence-electron chi connectivity index (χ3n) is 3.02. The molecule has 1 aromatic rings. The Labute approximate surface area is 121 Å². The van der Waals surface area contributed by atoms with Gasteiger partial charge in [0.15, 0.2) is 0 Å². The molecule has 2 atom stereocenters. The first-order valence-corrected chi connectivity index (χ1v) is 7.31. The standard InChI is InChI=1S/C16H24ClNO/c1-4-6-10-16(18-11-5-2)13(3)19-15-9-7-8-14(17)12-15/h4,7-9,12-13,16,18H,1,5-6,10-11H2,2-3H3. The predicted molar refractivity (Wildman–Crippen MR) is 83.1 cm³/mol. The van der Waals surface area contributed by atoms with Gasteiger partial charge in [-0.25, -0.2) is 0 Å². The fourth-order valence-corrected chi connectivity index (χ4v) is 2.15. The molecule has 1 rings (SSSR count). The molecule has 0 fully saturated rings. The van der Waals surface area contributed by atoms with E-state index in [0.29, 0.717) is 11.1 Å². The van der Waals surface area contributed by atoms with Crippen molar-refractivity contribution in [2.24, 2.45) is 0 Å². The van der Waals surface area contributed by atoms with Crippen LogP contribution in [0.15, 0.2) is 36.9 Å². The van der Waals surface area contributed by atoms with Crippen molar-refractivity contribution >= 4 is 11.6 Å². The van der Waals surface area contributed by atoms with E-state index in [9.17, 15) is 0 Å². The molecule has 106 valence electrons. The highest BCUT2D eigenvalue weighted by Gasteiger charge is 2.17. The first-order valence-electron chi connectivity index (χ1n) is 6.93. The van der Waals surface area contributed by atoms with Crippen LogP contribution < -0.4 is 10.1 Å². The zero-order chi connectivity index (χ0) is 14.1. The summed E-state index contributed by atoms with van der Waals surface area (Å²) >= 11 is 5.97. The van der Waals surface area contributed by atoms with Crippen LogP contribution in [0, 0.1) is 0 Å². The Balaban J connectivity index is 2.58. The van der Waals surface area contributed by atoms with Gasteiger partial charge in [-0.05, 0) is 50.9 Å². The first-order chi connectivity index (χ1) is 9.17. The average Bonchev–Trinajstić information content (AvgIpc) is 2.38. The van der Waals surface area contributed by atoms with E-state index in [-0.39, 0.29) is 6.10 Å². The molecule has 0 aliphatic heterocycles. The van der Waals surface area contributed by atoms with E-state index >= 15 is 0 Å². The van der Waals surface area contributed by atoms with Gasteiger partial charge >= 0.3 is 0 Å². The number of hydrogen-bond donors (Lipinski definition) is 1. The summed E-state index contributed by atoms with van der Waals surface area (Å²) in [4.78, 5) is 0. The number of allylic oxidation sites excluding steroid dienone is 1. The van der Waals surface area contributed by atoms with Gasteiger partial charge < -0.3 is 10.1 Å². The van der Waals surface area contributed by atoms with Crippen molar-refractivity contribution in [3.05, 3.63) is 41.9 Å². The van der Waals surface area contributed by atoms with E-state index in [1.807, 2.05) is 30.3 Å². The van der Waals surface area contributed by atoms with Gasteiger partial charge in [0, 0.05) is 11.1 Å². The zero-order valence-electron chi connectivity index (χ0n) is 11.9. The number of hydrogen-bond acceptors (Lipinski definition) is 2. The van der Waals surface area contributed by atoms with Gasteiger partial charge in [-0.1, -0.05) is 30.7 Å². The lowest BCUT2D eigenvalue weighted by Crippen LogP contribution is -2.41. The number of halogens is 1. The van der Waals surface area contributed by atoms with Crippen LogP contribution in [0.2, 0.25) is 5.02 Å². The Morgan fingerprint density at radius 2 is 2.26 bits per heavy atom. The first kappa shape index (κ1) is 16.1. The minimum atomic E-state index is 0.102. The summed E-state index contributed by atoms with van der Waals surface area (Å²) in [7, 11) is 0. The maximum Gasteiger partial charge on any atom is 0.121 e. The molecule has 1 aromatic carbocycles. The smallest absolute Gasteiger partial charge is 0.121 e. The molecule has 0 spiro atoms. The van der Waals surface area contributed by atoms with E-state index in [0.717, 1.165) is 31.6 Å². The van der Waals surface area contributed by atoms with Crippen molar-refractivity contribution in [3.63, 3.8) is 0 Å². The van der Waals surface area contributed by atoms with Crippen LogP contribution in [-0.2, 0) is 0 Å². The van der Waals surface area contributed by atoms with Crippen molar-refractivity contribution in [2.75, 3.05) is 6.54 Å². The molecule has 0 heterocycles. The molecular weight excluding hydrogens is 258 g/mol. The summed E-state index contributed by atoms with van der Waals surface area (Å²) < 4.78 is 5.97. The van der Waals surface area contributed by atoms with Gasteiger partial charge in [0.2, 0.25) is 0 Å². The van der Waals surface area contributed by atoms with Crippen LogP contribution in [0.5, 0.6) is 5.75 Å². The van der Waals surface area contributed by atoms with Crippen LogP contribution in [0.25, 0.3) is 0 Å². The third-order valence-corrected chi connectivity index (χ3v) is 3.26. The number of nitrogens with one attached hydrogen (secondary N) is 1. The molecule has 0 radical (unpaired) electrons. The van der Waals surface area contributed by atoms with Crippen LogP contribution in [0.4, 0.5) is 0 Å². The highest BCUT2D eigenvalue weighted by molar-refractivity contribution is 6.30. The summed E-state index contributed by atoms with van der Waals surface area (Å²) in [6.45, 7) is 9.05. The van der Waals surface area contributed by atoms with Crippen LogP contribution >= 0.6 is 11.6 Å². The second-order valence-corrected chi connectivity index (χ2v) is 5.14. The van der Waals surface area contributed by atoms with Crippen molar-refractivity contribution in [1.82, 2.24) is 5.32 Å². The fourth-order valence-electron chi connectivity index (χ4n) is 1.97. The van der Waals surface area contributed by atoms with Crippen LogP contribution in [0.3, 0.4) is 0 Å². The second-order valence-electron chi connectivity index (χ2n) is 4.71. The van der Waals surface area contributed by atoms with Gasteiger partial charge in [-0.3, -0.25) is 0 Å². The van der Waals surface area contributed by atoms with Crippen LogP contribution in [0.1, 0.15) is 33.1 Å². The molecule has 2 nitrogen and oxygen atoms in total. The number of benzene rings is 1. The molecule has 0 bridgehead atoms. The summed E-state index contributed by atoms with van der Waals surface area (Å²) in [6.07, 6.45) is 5.20. The fraction of sp³-hybridized carbons (Fsp3) is 0.500. The van der Waals surface area contributed by atoms with E-state index < -0.39 is 0 Å². The summed E-state index contributed by atoms with van der Waals surface area (Å²) in [5.74, 6) is 0.821. The Morgan fingerprint density at radius 3 is 2.89 bits per heavy atom. The van der Waals surface area contributed by atoms with Gasteiger partial charge in [-0.15, -0.1) is 6.58 Å². The lowest BCUT2D eigenvalue weighted by atomic mass is 10.1. The Bertz CT molecular complexity index is 381. The minimum Gasteiger partial charge on any atom is -0.489 e. The largest absolute Gasteiger partial charge is 0.489 e. The molecule has 0 aromatic heterocycles. The molecule has 0 aliphatic rings. The molecule has 0 saturated heterocycles. The normalized spacial score (nSPS) is 13.8. The maximum atomic E-state index is 5.97. The number of ether oxygens (including phenoxy) is 1. The van der Waals surface area contributed by atoms with Crippen molar-refractivity contribution in [3.8, 4) is 5.75 Å². The monoisotopic (exact) mass is 281 g/mol. The van der Waals surface area contributed by atoms with Gasteiger partial charge in [-0.2, -0.15) is 0 Å². The zero-order valence-corrected chi connectivity index (χ0v) is 12.6. The quantitative estimate of drug-likeness (QED) is 0.676. The molecular formula is C16H24ClNO. The van der Waals surface area contributed by atoms with Crippen molar-refractivity contribution in [1.29, 1.82) is 0 Å². The van der Waals surface area contributed by atoms with E-state index in [2.05, 4.69) is 25.7 Å². The minimum absolute atomic E-state index is 0.102. The summed E-state index contributed by atoms with van der Waals surface area (Å²) in [5, 5.41) is 4.24. The summed E-state index contributed by atoms with van der Waals surface area (Å²) in [5.41, 5.74) is 0. The number of rotatable bonds is 9. The van der Waals surface area contributed by atoms with E-state index in [1.54, 1.807) is 0 Å². The average molecular weight is 282 g/mol. The lowest BCUT2D eigenvalue weighted by Gasteiger charge is -2.26. The van der Waals surface area contributed by atoms with Crippen molar-refractivity contribution in [2.45, 2.75) is 45.3 Å². The second kappa shape index (κ2) is 9.00. The molecule has 0 aliphatic carbocycles. The molecule has 2 unspecified atom stereocenters. The molecule has 0 amide bonds. The Morgan fingerprint density at radius 1 is 1.47 bits per heavy atom. The molecule has 1 N–H and O–H groups in total. The van der Waals surface area contributed by atoms with Gasteiger partial charge in [0.25, 0.3) is 0 Å². The molecule has 3 heteroatoms. The Hall–Kier alpha value is -0.990.